The Bertz CT molecular complexity index is 398. The van der Waals surface area contributed by atoms with Gasteiger partial charge < -0.3 is 15.0 Å². The van der Waals surface area contributed by atoms with Gasteiger partial charge in [0.1, 0.15) is 5.94 Å². The van der Waals surface area contributed by atoms with Gasteiger partial charge >= 0.3 is 7.12 Å². The lowest BCUT2D eigenvalue weighted by molar-refractivity contribution is -0.399. The van der Waals surface area contributed by atoms with Crippen molar-refractivity contribution < 1.29 is 15.0 Å². The van der Waals surface area contributed by atoms with Crippen LogP contribution in [0.25, 0.3) is 0 Å². The highest BCUT2D eigenvalue weighted by molar-refractivity contribution is 6.46. The summed E-state index contributed by atoms with van der Waals surface area (Å²) in [6.45, 7) is 7.12. The highest BCUT2D eigenvalue weighted by Gasteiger charge is 2.68. The molecule has 0 amide bonds. The molecule has 2 bridgehead atoms. The molecule has 0 aromatic carbocycles. The zero-order chi connectivity index (χ0) is 13.4. The van der Waals surface area contributed by atoms with Crippen LogP contribution in [-0.2, 0) is 9.31 Å². The first-order valence-electron chi connectivity index (χ1n) is 8.07. The molecule has 0 aromatic rings. The molecular weight excluding hydrogens is 237 g/mol. The molecule has 0 aromatic heterocycles. The van der Waals surface area contributed by atoms with Gasteiger partial charge in [-0.1, -0.05) is 13.8 Å². The number of hydrogen-bond donors (Lipinski definition) is 1. The van der Waals surface area contributed by atoms with Gasteiger partial charge in [0.05, 0.1) is 11.7 Å². The van der Waals surface area contributed by atoms with Gasteiger partial charge in [0.25, 0.3) is 0 Å². The van der Waals surface area contributed by atoms with E-state index in [1.807, 2.05) is 0 Å². The number of hydrogen-bond acceptors (Lipinski definition) is 2. The second kappa shape index (κ2) is 3.77. The van der Waals surface area contributed by atoms with Gasteiger partial charge in [-0.05, 0) is 55.8 Å². The lowest BCUT2D eigenvalue weighted by atomic mass is 9.43. The van der Waals surface area contributed by atoms with E-state index >= 15 is 0 Å². The smallest absolute Gasteiger partial charge is 0.401 e. The highest BCUT2D eigenvalue weighted by atomic mass is 16.7. The van der Waals surface area contributed by atoms with Crippen LogP contribution in [0.5, 0.6) is 0 Å². The van der Waals surface area contributed by atoms with Crippen molar-refractivity contribution in [3.8, 4) is 0 Å². The molecule has 1 aliphatic heterocycles. The third-order valence-electron chi connectivity index (χ3n) is 6.69. The van der Waals surface area contributed by atoms with Crippen molar-refractivity contribution in [3.05, 3.63) is 0 Å². The summed E-state index contributed by atoms with van der Waals surface area (Å²) in [6.07, 6.45) is 6.80. The fourth-order valence-electron chi connectivity index (χ4n) is 4.99. The van der Waals surface area contributed by atoms with Crippen LogP contribution in [0.15, 0.2) is 0 Å². The zero-order valence-corrected chi connectivity index (χ0v) is 12.5. The van der Waals surface area contributed by atoms with E-state index in [1.54, 1.807) is 0 Å². The summed E-state index contributed by atoms with van der Waals surface area (Å²) in [7, 11) is -0.0502. The van der Waals surface area contributed by atoms with Gasteiger partial charge in [-0.25, -0.2) is 0 Å². The van der Waals surface area contributed by atoms with Crippen LogP contribution in [-0.4, -0.2) is 24.8 Å². The van der Waals surface area contributed by atoms with E-state index < -0.39 is 0 Å². The molecule has 19 heavy (non-hydrogen) atoms. The van der Waals surface area contributed by atoms with E-state index in [0.717, 1.165) is 11.8 Å². The summed E-state index contributed by atoms with van der Waals surface area (Å²) in [6, 6.07) is 0. The molecule has 2 unspecified atom stereocenters. The maximum Gasteiger partial charge on any atom is 0.521 e. The van der Waals surface area contributed by atoms with Crippen molar-refractivity contribution in [2.75, 3.05) is 0 Å². The van der Waals surface area contributed by atoms with Crippen LogP contribution < -0.4 is 5.73 Å². The Hall–Kier alpha value is -0.0551. The van der Waals surface area contributed by atoms with Crippen LogP contribution in [0.1, 0.15) is 52.9 Å². The molecule has 5 atom stereocenters. The molecule has 1 heterocycles. The number of rotatable bonds is 3. The molecule has 5 aliphatic rings. The quantitative estimate of drug-likeness (QED) is 0.788. The molecule has 0 radical (unpaired) electrons. The maximum atomic E-state index is 6.44. The van der Waals surface area contributed by atoms with Crippen molar-refractivity contribution in [1.29, 1.82) is 0 Å². The average Bonchev–Trinajstić information content (AvgIpc) is 3.06. The molecular formula is C15H27BNO2+. The van der Waals surface area contributed by atoms with Crippen molar-refractivity contribution in [2.24, 2.45) is 23.2 Å². The van der Waals surface area contributed by atoms with E-state index in [2.05, 4.69) is 26.5 Å². The monoisotopic (exact) mass is 264 g/mol. The predicted molar refractivity (Wildman–Crippen MR) is 74.1 cm³/mol. The lowest BCUT2D eigenvalue weighted by Crippen LogP contribution is -2.69. The van der Waals surface area contributed by atoms with Crippen molar-refractivity contribution in [3.63, 3.8) is 0 Å². The molecule has 4 aliphatic carbocycles. The normalized spacial score (nSPS) is 48.6. The van der Waals surface area contributed by atoms with Crippen LogP contribution in [0.4, 0.5) is 0 Å². The Morgan fingerprint density at radius 1 is 1.26 bits per heavy atom. The van der Waals surface area contributed by atoms with Crippen LogP contribution in [0, 0.1) is 23.2 Å². The largest absolute Gasteiger partial charge is 0.521 e. The molecule has 3 N–H and O–H groups in total. The molecule has 4 saturated carbocycles. The minimum absolute atomic E-state index is 0.0502. The Kier molecular flexibility index (Phi) is 2.52. The van der Waals surface area contributed by atoms with Crippen molar-refractivity contribution in [1.82, 2.24) is 0 Å². The minimum Gasteiger partial charge on any atom is -0.401 e. The third-order valence-corrected chi connectivity index (χ3v) is 6.69. The Morgan fingerprint density at radius 3 is 2.63 bits per heavy atom. The van der Waals surface area contributed by atoms with Crippen LogP contribution in [0.3, 0.4) is 0 Å². The summed E-state index contributed by atoms with van der Waals surface area (Å²) in [5, 5.41) is 0. The van der Waals surface area contributed by atoms with E-state index in [-0.39, 0.29) is 12.7 Å². The predicted octanol–water partition coefficient (Wildman–Crippen LogP) is 1.66. The molecule has 5 rings (SSSR count). The topological polar surface area (TPSA) is 46.1 Å². The fourth-order valence-corrected chi connectivity index (χ4v) is 4.99. The van der Waals surface area contributed by atoms with E-state index in [4.69, 9.17) is 9.31 Å². The maximum absolute atomic E-state index is 6.44. The molecule has 4 heteroatoms. The van der Waals surface area contributed by atoms with Gasteiger partial charge in [0.2, 0.25) is 0 Å². The first-order chi connectivity index (χ1) is 8.91. The van der Waals surface area contributed by atoms with Crippen molar-refractivity contribution >= 4 is 7.12 Å². The lowest BCUT2D eigenvalue weighted by Gasteiger charge is -2.64. The third kappa shape index (κ3) is 1.69. The minimum atomic E-state index is -0.0532. The zero-order valence-electron chi connectivity index (χ0n) is 12.5. The molecule has 5 fully saturated rings. The summed E-state index contributed by atoms with van der Waals surface area (Å²) in [4.78, 5) is 0. The van der Waals surface area contributed by atoms with Gasteiger partial charge in [0, 0.05) is 6.42 Å². The SMILES string of the molecule is CC1(C)C2CC1[C@]1(C)OB([C@@H]([NH3+])CC3CC3)O[C@@H]1C2. The molecule has 1 saturated heterocycles. The number of quaternary nitrogens is 1. The molecule has 3 nitrogen and oxygen atoms in total. The van der Waals surface area contributed by atoms with E-state index in [0.29, 0.717) is 23.4 Å². The standard InChI is InChI=1S/C15H26BNO2/c1-14(2)10-7-11(14)15(3)12(8-10)18-16(19-15)13(17)6-9-4-5-9/h9-13H,4-8,17H2,1-3H3/p+1/t10?,11?,12-,13+,15+/m1/s1. The summed E-state index contributed by atoms with van der Waals surface area (Å²) >= 11 is 0. The van der Waals surface area contributed by atoms with E-state index in [1.165, 1.54) is 32.1 Å². The van der Waals surface area contributed by atoms with Gasteiger partial charge in [0.15, 0.2) is 0 Å². The van der Waals surface area contributed by atoms with Crippen molar-refractivity contribution in [2.45, 2.75) is 70.5 Å². The first kappa shape index (κ1) is 12.7. The Morgan fingerprint density at radius 2 is 2.00 bits per heavy atom. The van der Waals surface area contributed by atoms with Crippen LogP contribution in [0.2, 0.25) is 0 Å². The fraction of sp³-hybridized carbons (Fsp3) is 1.00. The average molecular weight is 264 g/mol. The van der Waals surface area contributed by atoms with E-state index in [9.17, 15) is 0 Å². The Balaban J connectivity index is 1.50. The van der Waals surface area contributed by atoms with Gasteiger partial charge in [-0.3, -0.25) is 0 Å². The van der Waals surface area contributed by atoms with Gasteiger partial charge in [-0.2, -0.15) is 0 Å². The first-order valence-corrected chi connectivity index (χ1v) is 8.07. The molecule has 0 spiro atoms. The second-order valence-electron chi connectivity index (χ2n) is 8.28. The second-order valence-corrected chi connectivity index (χ2v) is 8.28. The summed E-state index contributed by atoms with van der Waals surface area (Å²) in [5.41, 5.74) is 4.70. The highest BCUT2D eigenvalue weighted by Crippen LogP contribution is 2.65. The molecule has 106 valence electrons. The summed E-state index contributed by atoms with van der Waals surface area (Å²) < 4.78 is 12.7. The summed E-state index contributed by atoms with van der Waals surface area (Å²) in [5.74, 6) is 2.72. The van der Waals surface area contributed by atoms with Gasteiger partial charge in [-0.15, -0.1) is 0 Å². The Labute approximate surface area is 116 Å². The van der Waals surface area contributed by atoms with Crippen LogP contribution >= 0.6 is 0 Å².